The van der Waals surface area contributed by atoms with E-state index in [4.69, 9.17) is 0 Å². The standard InChI is InChI=1S/C12H21N3O2/c1-10(16)14-6-3-7-15(9-8-14)12(17)13-11-4-2-5-11/h11H,2-9H2,1H3,(H,13,17). The number of carbonyl (C=O) groups excluding carboxylic acids is 2. The van der Waals surface area contributed by atoms with Gasteiger partial charge >= 0.3 is 6.03 Å². The van der Waals surface area contributed by atoms with Gasteiger partial charge in [-0.05, 0) is 25.7 Å². The topological polar surface area (TPSA) is 52.7 Å². The second-order valence-electron chi connectivity index (χ2n) is 4.92. The molecule has 5 heteroatoms. The molecule has 1 saturated heterocycles. The van der Waals surface area contributed by atoms with E-state index in [2.05, 4.69) is 5.32 Å². The molecule has 0 aromatic carbocycles. The summed E-state index contributed by atoms with van der Waals surface area (Å²) in [6.45, 7) is 4.42. The number of carbonyl (C=O) groups is 2. The van der Waals surface area contributed by atoms with Crippen molar-refractivity contribution in [2.45, 2.75) is 38.6 Å². The minimum absolute atomic E-state index is 0.0418. The van der Waals surface area contributed by atoms with E-state index in [-0.39, 0.29) is 11.9 Å². The lowest BCUT2D eigenvalue weighted by Crippen LogP contribution is -2.48. The molecule has 0 aromatic heterocycles. The average molecular weight is 239 g/mol. The van der Waals surface area contributed by atoms with E-state index in [1.54, 1.807) is 6.92 Å². The Labute approximate surface area is 102 Å². The molecule has 0 unspecified atom stereocenters. The van der Waals surface area contributed by atoms with Gasteiger partial charge in [0.1, 0.15) is 0 Å². The predicted octanol–water partition coefficient (Wildman–Crippen LogP) is 0.803. The average Bonchev–Trinajstić information content (AvgIpc) is 2.48. The smallest absolute Gasteiger partial charge is 0.317 e. The van der Waals surface area contributed by atoms with E-state index >= 15 is 0 Å². The number of nitrogens with one attached hydrogen (secondary N) is 1. The molecular formula is C12H21N3O2. The second kappa shape index (κ2) is 5.38. The highest BCUT2D eigenvalue weighted by Crippen LogP contribution is 2.18. The third kappa shape index (κ3) is 3.11. The van der Waals surface area contributed by atoms with Crippen LogP contribution in [-0.4, -0.2) is 54.0 Å². The maximum atomic E-state index is 11.9. The van der Waals surface area contributed by atoms with Crippen molar-refractivity contribution in [3.63, 3.8) is 0 Å². The van der Waals surface area contributed by atoms with Crippen LogP contribution in [0.25, 0.3) is 0 Å². The molecule has 0 spiro atoms. The molecule has 96 valence electrons. The number of rotatable bonds is 1. The lowest BCUT2D eigenvalue weighted by molar-refractivity contribution is -0.128. The van der Waals surface area contributed by atoms with Crippen LogP contribution in [0, 0.1) is 0 Å². The molecule has 3 amide bonds. The van der Waals surface area contributed by atoms with Crippen LogP contribution >= 0.6 is 0 Å². The lowest BCUT2D eigenvalue weighted by Gasteiger charge is -2.30. The number of amides is 3. The lowest BCUT2D eigenvalue weighted by atomic mass is 9.93. The van der Waals surface area contributed by atoms with Crippen molar-refractivity contribution in [1.82, 2.24) is 15.1 Å². The van der Waals surface area contributed by atoms with Crippen molar-refractivity contribution < 1.29 is 9.59 Å². The first-order valence-electron chi connectivity index (χ1n) is 6.48. The van der Waals surface area contributed by atoms with Gasteiger partial charge in [0.25, 0.3) is 0 Å². The van der Waals surface area contributed by atoms with Gasteiger partial charge in [0.05, 0.1) is 0 Å². The Morgan fingerprint density at radius 3 is 2.24 bits per heavy atom. The van der Waals surface area contributed by atoms with Crippen LogP contribution in [0.3, 0.4) is 0 Å². The van der Waals surface area contributed by atoms with E-state index < -0.39 is 0 Å². The molecule has 0 bridgehead atoms. The van der Waals surface area contributed by atoms with Crippen LogP contribution in [0.4, 0.5) is 4.79 Å². The van der Waals surface area contributed by atoms with Crippen LogP contribution in [0.1, 0.15) is 32.6 Å². The van der Waals surface area contributed by atoms with Gasteiger partial charge in [-0.3, -0.25) is 4.79 Å². The molecule has 0 atom stereocenters. The van der Waals surface area contributed by atoms with Crippen LogP contribution in [-0.2, 0) is 4.79 Å². The van der Waals surface area contributed by atoms with Crippen LogP contribution in [0.15, 0.2) is 0 Å². The number of hydrogen-bond acceptors (Lipinski definition) is 2. The van der Waals surface area contributed by atoms with E-state index in [1.807, 2.05) is 9.80 Å². The molecule has 17 heavy (non-hydrogen) atoms. The molecule has 1 heterocycles. The highest BCUT2D eigenvalue weighted by molar-refractivity contribution is 5.75. The van der Waals surface area contributed by atoms with Crippen molar-refractivity contribution in [1.29, 1.82) is 0 Å². The molecule has 1 aliphatic heterocycles. The largest absolute Gasteiger partial charge is 0.341 e. The van der Waals surface area contributed by atoms with Crippen molar-refractivity contribution in [2.24, 2.45) is 0 Å². The Bertz CT molecular complexity index is 302. The van der Waals surface area contributed by atoms with Gasteiger partial charge in [-0.25, -0.2) is 4.79 Å². The van der Waals surface area contributed by atoms with E-state index in [1.165, 1.54) is 6.42 Å². The zero-order chi connectivity index (χ0) is 12.3. The maximum Gasteiger partial charge on any atom is 0.317 e. The van der Waals surface area contributed by atoms with Crippen molar-refractivity contribution >= 4 is 11.9 Å². The van der Waals surface area contributed by atoms with Gasteiger partial charge in [-0.1, -0.05) is 0 Å². The van der Waals surface area contributed by atoms with Gasteiger partial charge < -0.3 is 15.1 Å². The number of urea groups is 1. The summed E-state index contributed by atoms with van der Waals surface area (Å²) in [5, 5.41) is 3.04. The zero-order valence-electron chi connectivity index (χ0n) is 10.4. The molecule has 0 radical (unpaired) electrons. The summed E-state index contributed by atoms with van der Waals surface area (Å²) < 4.78 is 0. The molecule has 1 saturated carbocycles. The van der Waals surface area contributed by atoms with E-state index in [0.29, 0.717) is 19.1 Å². The van der Waals surface area contributed by atoms with Crippen molar-refractivity contribution in [2.75, 3.05) is 26.2 Å². The Kier molecular flexibility index (Phi) is 3.86. The highest BCUT2D eigenvalue weighted by Gasteiger charge is 2.24. The first-order chi connectivity index (χ1) is 8.16. The fourth-order valence-corrected chi connectivity index (χ4v) is 2.25. The van der Waals surface area contributed by atoms with Crippen LogP contribution < -0.4 is 5.32 Å². The summed E-state index contributed by atoms with van der Waals surface area (Å²) in [6, 6.07) is 0.426. The third-order valence-electron chi connectivity index (χ3n) is 3.66. The molecule has 0 aromatic rings. The molecule has 2 rings (SSSR count). The second-order valence-corrected chi connectivity index (χ2v) is 4.92. The van der Waals surface area contributed by atoms with Gasteiger partial charge in [-0.15, -0.1) is 0 Å². The molecule has 2 aliphatic rings. The van der Waals surface area contributed by atoms with E-state index in [9.17, 15) is 9.59 Å². The molecule has 5 nitrogen and oxygen atoms in total. The quantitative estimate of drug-likeness (QED) is 0.736. The summed E-state index contributed by atoms with van der Waals surface area (Å²) in [7, 11) is 0. The van der Waals surface area contributed by atoms with Crippen LogP contribution in [0.2, 0.25) is 0 Å². The van der Waals surface area contributed by atoms with Gasteiger partial charge in [0, 0.05) is 39.1 Å². The molecule has 1 aliphatic carbocycles. The predicted molar refractivity (Wildman–Crippen MR) is 64.6 cm³/mol. The SMILES string of the molecule is CC(=O)N1CCCN(C(=O)NC2CCC2)CC1. The zero-order valence-corrected chi connectivity index (χ0v) is 10.4. The summed E-state index contributed by atoms with van der Waals surface area (Å²) in [6.07, 6.45) is 4.32. The summed E-state index contributed by atoms with van der Waals surface area (Å²) in [5.41, 5.74) is 0. The normalized spacial score (nSPS) is 21.7. The number of hydrogen-bond donors (Lipinski definition) is 1. The Hall–Kier alpha value is -1.26. The van der Waals surface area contributed by atoms with E-state index in [0.717, 1.165) is 32.4 Å². The fourth-order valence-electron chi connectivity index (χ4n) is 2.25. The maximum absolute atomic E-state index is 11.9. The Morgan fingerprint density at radius 2 is 1.65 bits per heavy atom. The molecule has 1 N–H and O–H groups in total. The first-order valence-corrected chi connectivity index (χ1v) is 6.48. The molecule has 2 fully saturated rings. The Morgan fingerprint density at radius 1 is 1.00 bits per heavy atom. The minimum Gasteiger partial charge on any atom is -0.341 e. The number of nitrogens with zero attached hydrogens (tertiary/aromatic N) is 2. The third-order valence-corrected chi connectivity index (χ3v) is 3.66. The van der Waals surface area contributed by atoms with Gasteiger partial charge in [0.15, 0.2) is 0 Å². The summed E-state index contributed by atoms with van der Waals surface area (Å²) in [5.74, 6) is 0.103. The summed E-state index contributed by atoms with van der Waals surface area (Å²) >= 11 is 0. The minimum atomic E-state index is 0.0418. The van der Waals surface area contributed by atoms with Gasteiger partial charge in [-0.2, -0.15) is 0 Å². The Balaban J connectivity index is 1.80. The summed E-state index contributed by atoms with van der Waals surface area (Å²) in [4.78, 5) is 26.9. The highest BCUT2D eigenvalue weighted by atomic mass is 16.2. The van der Waals surface area contributed by atoms with Gasteiger partial charge in [0.2, 0.25) is 5.91 Å². The monoisotopic (exact) mass is 239 g/mol. The van der Waals surface area contributed by atoms with Crippen LogP contribution in [0.5, 0.6) is 0 Å². The van der Waals surface area contributed by atoms with Crippen molar-refractivity contribution in [3.05, 3.63) is 0 Å². The van der Waals surface area contributed by atoms with Crippen molar-refractivity contribution in [3.8, 4) is 0 Å². The first kappa shape index (κ1) is 12.2. The molecular weight excluding hydrogens is 218 g/mol. The fraction of sp³-hybridized carbons (Fsp3) is 0.833.